The van der Waals surface area contributed by atoms with E-state index >= 15 is 0 Å². The highest BCUT2D eigenvalue weighted by Gasteiger charge is 2.22. The number of hydrogen-bond acceptors (Lipinski definition) is 3. The summed E-state index contributed by atoms with van der Waals surface area (Å²) >= 11 is 5.97. The van der Waals surface area contributed by atoms with Gasteiger partial charge >= 0.3 is 0 Å². The highest BCUT2D eigenvalue weighted by atomic mass is 35.5. The molecular formula is C21H18ClFN2O2. The number of nitrogens with zero attached hydrogens (tertiary/aromatic N) is 1. The third kappa shape index (κ3) is 4.83. The summed E-state index contributed by atoms with van der Waals surface area (Å²) in [5.41, 5.74) is 1.66. The van der Waals surface area contributed by atoms with Crippen molar-refractivity contribution in [2.24, 2.45) is 0 Å². The number of rotatable bonds is 6. The molecule has 0 saturated carbocycles. The van der Waals surface area contributed by atoms with Gasteiger partial charge in [-0.1, -0.05) is 41.9 Å². The molecule has 0 fully saturated rings. The van der Waals surface area contributed by atoms with Crippen LogP contribution in [0.5, 0.6) is 5.75 Å². The summed E-state index contributed by atoms with van der Waals surface area (Å²) in [6.07, 6.45) is 2.46. The van der Waals surface area contributed by atoms with E-state index in [0.29, 0.717) is 5.02 Å². The van der Waals surface area contributed by atoms with E-state index in [0.717, 1.165) is 11.1 Å². The summed E-state index contributed by atoms with van der Waals surface area (Å²) < 4.78 is 19.2. The molecule has 3 rings (SSSR count). The first-order chi connectivity index (χ1) is 13.0. The third-order valence-electron chi connectivity index (χ3n) is 4.02. The van der Waals surface area contributed by atoms with Crippen LogP contribution in [0.2, 0.25) is 5.02 Å². The van der Waals surface area contributed by atoms with Gasteiger partial charge < -0.3 is 10.1 Å². The van der Waals surface area contributed by atoms with Crippen molar-refractivity contribution in [3.8, 4) is 5.75 Å². The van der Waals surface area contributed by atoms with Gasteiger partial charge in [0.2, 0.25) is 0 Å². The normalized spacial score (nSPS) is 12.9. The lowest BCUT2D eigenvalue weighted by atomic mass is 10.00. The molecule has 0 aliphatic heterocycles. The van der Waals surface area contributed by atoms with Crippen molar-refractivity contribution in [2.45, 2.75) is 19.1 Å². The van der Waals surface area contributed by atoms with Gasteiger partial charge in [-0.3, -0.25) is 9.78 Å². The highest BCUT2D eigenvalue weighted by Crippen LogP contribution is 2.24. The Hall–Kier alpha value is -2.92. The number of carbonyl (C=O) groups is 1. The maximum atomic E-state index is 13.8. The summed E-state index contributed by atoms with van der Waals surface area (Å²) in [5.74, 6) is -0.856. The van der Waals surface area contributed by atoms with Crippen LogP contribution in [0, 0.1) is 5.82 Å². The van der Waals surface area contributed by atoms with Crippen LogP contribution in [0.15, 0.2) is 73.1 Å². The van der Waals surface area contributed by atoms with Crippen molar-refractivity contribution in [1.82, 2.24) is 10.3 Å². The van der Waals surface area contributed by atoms with Gasteiger partial charge in [-0.05, 0) is 48.4 Å². The Bertz CT molecular complexity index is 904. The fourth-order valence-electron chi connectivity index (χ4n) is 2.60. The van der Waals surface area contributed by atoms with Crippen LogP contribution in [0.3, 0.4) is 0 Å². The van der Waals surface area contributed by atoms with Crippen LogP contribution in [0.25, 0.3) is 0 Å². The van der Waals surface area contributed by atoms with E-state index in [9.17, 15) is 9.18 Å². The average Bonchev–Trinajstić information content (AvgIpc) is 2.69. The zero-order chi connectivity index (χ0) is 19.2. The van der Waals surface area contributed by atoms with E-state index in [1.165, 1.54) is 12.1 Å². The molecular weight excluding hydrogens is 367 g/mol. The Morgan fingerprint density at radius 3 is 2.48 bits per heavy atom. The fraction of sp³-hybridized carbons (Fsp3) is 0.143. The molecule has 0 aliphatic rings. The van der Waals surface area contributed by atoms with Crippen LogP contribution in [0.4, 0.5) is 4.39 Å². The zero-order valence-corrected chi connectivity index (χ0v) is 15.4. The van der Waals surface area contributed by atoms with Crippen molar-refractivity contribution in [1.29, 1.82) is 0 Å². The summed E-state index contributed by atoms with van der Waals surface area (Å²) in [7, 11) is 0. The lowest BCUT2D eigenvalue weighted by Gasteiger charge is -2.22. The quantitative estimate of drug-likeness (QED) is 0.678. The van der Waals surface area contributed by atoms with Crippen molar-refractivity contribution in [2.75, 3.05) is 0 Å². The van der Waals surface area contributed by atoms with E-state index in [4.69, 9.17) is 16.3 Å². The van der Waals surface area contributed by atoms with Crippen LogP contribution in [-0.4, -0.2) is 17.0 Å². The highest BCUT2D eigenvalue weighted by molar-refractivity contribution is 6.30. The molecule has 0 bridgehead atoms. The van der Waals surface area contributed by atoms with Crippen molar-refractivity contribution in [3.05, 3.63) is 95.0 Å². The number of aromatic nitrogens is 1. The van der Waals surface area contributed by atoms with Crippen LogP contribution < -0.4 is 10.1 Å². The van der Waals surface area contributed by atoms with Gasteiger partial charge in [-0.2, -0.15) is 0 Å². The minimum atomic E-state index is -0.881. The minimum Gasteiger partial charge on any atom is -0.478 e. The lowest BCUT2D eigenvalue weighted by Crippen LogP contribution is -2.39. The van der Waals surface area contributed by atoms with E-state index in [1.807, 2.05) is 18.2 Å². The Kier molecular flexibility index (Phi) is 6.04. The number of benzene rings is 2. The van der Waals surface area contributed by atoms with Crippen LogP contribution in [-0.2, 0) is 4.79 Å². The Balaban J connectivity index is 1.80. The number of amides is 1. The number of halogens is 2. The molecule has 0 spiro atoms. The first-order valence-corrected chi connectivity index (χ1v) is 8.79. The smallest absolute Gasteiger partial charge is 0.261 e. The molecule has 6 heteroatoms. The minimum absolute atomic E-state index is 0.0320. The standard InChI is InChI=1S/C21H18ClFN2O2/c1-14(27-19-7-3-2-6-18(19)23)21(26)25-20(16-5-4-12-24-13-16)15-8-10-17(22)11-9-15/h2-14,20H,1H3,(H,25,26)/t14-,20+/m0/s1. The molecule has 1 N–H and O–H groups in total. The van der Waals surface area contributed by atoms with Gasteiger partial charge in [0.25, 0.3) is 5.91 Å². The molecule has 0 radical (unpaired) electrons. The molecule has 0 saturated heterocycles. The first-order valence-electron chi connectivity index (χ1n) is 8.41. The number of pyridine rings is 1. The summed E-state index contributed by atoms with van der Waals surface area (Å²) in [5, 5.41) is 3.54. The number of hydrogen-bond donors (Lipinski definition) is 1. The van der Waals surface area contributed by atoms with Crippen molar-refractivity contribution in [3.63, 3.8) is 0 Å². The average molecular weight is 385 g/mol. The monoisotopic (exact) mass is 384 g/mol. The molecule has 0 aliphatic carbocycles. The molecule has 3 aromatic rings. The zero-order valence-electron chi connectivity index (χ0n) is 14.6. The summed E-state index contributed by atoms with van der Waals surface area (Å²) in [4.78, 5) is 16.8. The molecule has 2 atom stereocenters. The number of carbonyl (C=O) groups excluding carboxylic acids is 1. The van der Waals surface area contributed by atoms with Gasteiger partial charge in [0.05, 0.1) is 6.04 Å². The Morgan fingerprint density at radius 1 is 1.07 bits per heavy atom. The molecule has 2 aromatic carbocycles. The molecule has 138 valence electrons. The van der Waals surface area contributed by atoms with E-state index in [2.05, 4.69) is 10.3 Å². The SMILES string of the molecule is C[C@H](Oc1ccccc1F)C(=O)N[C@H](c1ccc(Cl)cc1)c1cccnc1. The molecule has 1 amide bonds. The second-order valence-electron chi connectivity index (χ2n) is 5.97. The predicted molar refractivity (Wildman–Crippen MR) is 102 cm³/mol. The third-order valence-corrected chi connectivity index (χ3v) is 4.27. The van der Waals surface area contributed by atoms with Gasteiger partial charge in [0, 0.05) is 17.4 Å². The van der Waals surface area contributed by atoms with E-state index < -0.39 is 18.0 Å². The largest absolute Gasteiger partial charge is 0.478 e. The van der Waals surface area contributed by atoms with Crippen molar-refractivity contribution < 1.29 is 13.9 Å². The van der Waals surface area contributed by atoms with Crippen molar-refractivity contribution >= 4 is 17.5 Å². The molecule has 4 nitrogen and oxygen atoms in total. The molecule has 0 unspecified atom stereocenters. The lowest BCUT2D eigenvalue weighted by molar-refractivity contribution is -0.127. The van der Waals surface area contributed by atoms with Gasteiger partial charge in [0.1, 0.15) is 0 Å². The Labute approximate surface area is 162 Å². The first kappa shape index (κ1) is 18.9. The topological polar surface area (TPSA) is 51.2 Å². The molecule has 27 heavy (non-hydrogen) atoms. The Morgan fingerprint density at radius 2 is 1.81 bits per heavy atom. The summed E-state index contributed by atoms with van der Waals surface area (Å²) in [6, 6.07) is 16.4. The van der Waals surface area contributed by atoms with Gasteiger partial charge in [0.15, 0.2) is 17.7 Å². The second kappa shape index (κ2) is 8.64. The molecule has 1 aromatic heterocycles. The maximum Gasteiger partial charge on any atom is 0.261 e. The number of para-hydroxylation sites is 1. The fourth-order valence-corrected chi connectivity index (χ4v) is 2.73. The van der Waals surface area contributed by atoms with E-state index in [-0.39, 0.29) is 11.7 Å². The summed E-state index contributed by atoms with van der Waals surface area (Å²) in [6.45, 7) is 1.57. The van der Waals surface area contributed by atoms with Crippen LogP contribution >= 0.6 is 11.6 Å². The van der Waals surface area contributed by atoms with E-state index in [1.54, 1.807) is 49.6 Å². The second-order valence-corrected chi connectivity index (χ2v) is 6.41. The number of ether oxygens (including phenoxy) is 1. The predicted octanol–water partition coefficient (Wildman–Crippen LogP) is 4.55. The van der Waals surface area contributed by atoms with Gasteiger partial charge in [-0.15, -0.1) is 0 Å². The van der Waals surface area contributed by atoms with Gasteiger partial charge in [-0.25, -0.2) is 4.39 Å². The molecule has 1 heterocycles. The number of nitrogens with one attached hydrogen (secondary N) is 1. The maximum absolute atomic E-state index is 13.8. The van der Waals surface area contributed by atoms with Crippen LogP contribution in [0.1, 0.15) is 24.1 Å².